The molecule has 78 valence electrons. The third-order valence-electron chi connectivity index (χ3n) is 1.91. The van der Waals surface area contributed by atoms with Crippen LogP contribution in [0.15, 0.2) is 24.5 Å². The van der Waals surface area contributed by atoms with E-state index >= 15 is 0 Å². The fraction of sp³-hybridized carbons (Fsp3) is 0.111. The van der Waals surface area contributed by atoms with Crippen LogP contribution in [0.1, 0.15) is 5.69 Å². The second-order valence-electron chi connectivity index (χ2n) is 2.89. The molecule has 1 aromatic carbocycles. The smallest absolute Gasteiger partial charge is 0.434 e. The Balaban J connectivity index is 2.83. The Bertz CT molecular complexity index is 510. The zero-order valence-corrected chi connectivity index (χ0v) is 7.28. The molecule has 0 aliphatic rings. The van der Waals surface area contributed by atoms with Crippen LogP contribution in [0, 0.1) is 0 Å². The Kier molecular flexibility index (Phi) is 1.99. The molecule has 2 rings (SSSR count). The Morgan fingerprint density at radius 1 is 1.13 bits per heavy atom. The van der Waals surface area contributed by atoms with Crippen molar-refractivity contribution >= 4 is 10.9 Å². The van der Waals surface area contributed by atoms with Gasteiger partial charge in [0.2, 0.25) is 0 Å². The highest BCUT2D eigenvalue weighted by Gasteiger charge is 2.34. The number of nitrogens with zero attached hydrogens (tertiary/aromatic N) is 2. The van der Waals surface area contributed by atoms with Crippen LogP contribution in [0.5, 0.6) is 5.75 Å². The zero-order valence-electron chi connectivity index (χ0n) is 7.28. The normalized spacial score (nSPS) is 11.9. The number of rotatable bonds is 0. The van der Waals surface area contributed by atoms with Crippen LogP contribution < -0.4 is 0 Å². The molecule has 0 bridgehead atoms. The minimum absolute atomic E-state index is 0.0974. The van der Waals surface area contributed by atoms with E-state index in [2.05, 4.69) is 9.97 Å². The molecule has 0 radical (unpaired) electrons. The second kappa shape index (κ2) is 3.08. The number of phenols is 1. The van der Waals surface area contributed by atoms with E-state index in [-0.39, 0.29) is 16.7 Å². The summed E-state index contributed by atoms with van der Waals surface area (Å²) in [4.78, 5) is 6.77. The molecule has 2 aromatic rings. The van der Waals surface area contributed by atoms with Gasteiger partial charge in [-0.25, -0.2) is 9.97 Å². The average molecular weight is 214 g/mol. The third-order valence-corrected chi connectivity index (χ3v) is 1.91. The molecule has 0 aliphatic heterocycles. The standard InChI is InChI=1S/C9H5F3N2O/c10-9(11,12)8-5-2-1-3-6(15)7(5)13-4-14-8/h1-4,15H. The lowest BCUT2D eigenvalue weighted by Gasteiger charge is -2.08. The van der Waals surface area contributed by atoms with Gasteiger partial charge >= 0.3 is 6.18 Å². The van der Waals surface area contributed by atoms with Gasteiger partial charge in [0.15, 0.2) is 5.69 Å². The number of phenolic OH excluding ortho intramolecular Hbond substituents is 1. The monoisotopic (exact) mass is 214 g/mol. The summed E-state index contributed by atoms with van der Waals surface area (Å²) >= 11 is 0. The molecule has 6 heteroatoms. The van der Waals surface area contributed by atoms with Crippen molar-refractivity contribution in [2.45, 2.75) is 6.18 Å². The van der Waals surface area contributed by atoms with Gasteiger partial charge in [-0.3, -0.25) is 0 Å². The highest BCUT2D eigenvalue weighted by molar-refractivity contribution is 5.86. The highest BCUT2D eigenvalue weighted by atomic mass is 19.4. The maximum Gasteiger partial charge on any atom is 0.434 e. The van der Waals surface area contributed by atoms with Gasteiger partial charge in [-0.15, -0.1) is 0 Å². The topological polar surface area (TPSA) is 46.0 Å². The summed E-state index contributed by atoms with van der Waals surface area (Å²) in [5.41, 5.74) is -1.14. The fourth-order valence-electron chi connectivity index (χ4n) is 1.30. The summed E-state index contributed by atoms with van der Waals surface area (Å²) in [7, 11) is 0. The molecule has 15 heavy (non-hydrogen) atoms. The summed E-state index contributed by atoms with van der Waals surface area (Å²) in [6.45, 7) is 0. The maximum atomic E-state index is 12.5. The van der Waals surface area contributed by atoms with Crippen LogP contribution >= 0.6 is 0 Å². The highest BCUT2D eigenvalue weighted by Crippen LogP contribution is 2.34. The minimum Gasteiger partial charge on any atom is -0.506 e. The lowest BCUT2D eigenvalue weighted by atomic mass is 10.1. The number of aromatic hydroxyl groups is 1. The first-order valence-corrected chi connectivity index (χ1v) is 4.00. The Morgan fingerprint density at radius 3 is 2.53 bits per heavy atom. The summed E-state index contributed by atoms with van der Waals surface area (Å²) in [5, 5.41) is 9.10. The number of para-hydroxylation sites is 1. The van der Waals surface area contributed by atoms with E-state index < -0.39 is 11.9 Å². The molecule has 0 fully saturated rings. The number of aromatic nitrogens is 2. The minimum atomic E-state index is -4.55. The number of hydrogen-bond acceptors (Lipinski definition) is 3. The number of fused-ring (bicyclic) bond motifs is 1. The van der Waals surface area contributed by atoms with Crippen molar-refractivity contribution in [1.29, 1.82) is 0 Å². The SMILES string of the molecule is Oc1cccc2c(C(F)(F)F)ncnc12. The summed E-state index contributed by atoms with van der Waals surface area (Å²) < 4.78 is 37.4. The van der Waals surface area contributed by atoms with Crippen LogP contribution in [0.25, 0.3) is 10.9 Å². The summed E-state index contributed by atoms with van der Waals surface area (Å²) in [6, 6.07) is 3.81. The molecular formula is C9H5F3N2O. The zero-order chi connectivity index (χ0) is 11.1. The largest absolute Gasteiger partial charge is 0.506 e. The summed E-state index contributed by atoms with van der Waals surface area (Å²) in [5.74, 6) is -0.291. The van der Waals surface area contributed by atoms with Crippen molar-refractivity contribution in [2.75, 3.05) is 0 Å². The van der Waals surface area contributed by atoms with Crippen LogP contribution in [0.3, 0.4) is 0 Å². The molecule has 1 heterocycles. The van der Waals surface area contributed by atoms with Crippen molar-refractivity contribution in [3.8, 4) is 5.75 Å². The average Bonchev–Trinajstić information content (AvgIpc) is 2.16. The van der Waals surface area contributed by atoms with Gasteiger partial charge < -0.3 is 5.11 Å². The molecular weight excluding hydrogens is 209 g/mol. The van der Waals surface area contributed by atoms with Gasteiger partial charge in [-0.05, 0) is 6.07 Å². The Hall–Kier alpha value is -1.85. The third kappa shape index (κ3) is 1.58. The van der Waals surface area contributed by atoms with E-state index in [1.165, 1.54) is 18.2 Å². The molecule has 0 aliphatic carbocycles. The van der Waals surface area contributed by atoms with Gasteiger partial charge in [0, 0.05) is 5.39 Å². The quantitative estimate of drug-likeness (QED) is 0.732. The van der Waals surface area contributed by atoms with Crippen molar-refractivity contribution in [1.82, 2.24) is 9.97 Å². The van der Waals surface area contributed by atoms with Gasteiger partial charge in [0.05, 0.1) is 0 Å². The van der Waals surface area contributed by atoms with Crippen LogP contribution in [0.2, 0.25) is 0 Å². The lowest BCUT2D eigenvalue weighted by Crippen LogP contribution is -2.09. The molecule has 3 nitrogen and oxygen atoms in total. The molecule has 1 aromatic heterocycles. The molecule has 0 saturated heterocycles. The first-order valence-electron chi connectivity index (χ1n) is 4.00. The Labute approximate surface area is 82.2 Å². The van der Waals surface area contributed by atoms with Crippen molar-refractivity contribution in [2.24, 2.45) is 0 Å². The van der Waals surface area contributed by atoms with Gasteiger partial charge in [0.1, 0.15) is 17.6 Å². The summed E-state index contributed by atoms with van der Waals surface area (Å²) in [6.07, 6.45) is -3.76. The van der Waals surface area contributed by atoms with Gasteiger partial charge in [0.25, 0.3) is 0 Å². The first kappa shape index (κ1) is 9.70. The van der Waals surface area contributed by atoms with Gasteiger partial charge in [-0.1, -0.05) is 12.1 Å². The molecule has 0 amide bonds. The van der Waals surface area contributed by atoms with E-state index in [0.717, 1.165) is 6.33 Å². The lowest BCUT2D eigenvalue weighted by molar-refractivity contribution is -0.139. The number of halogens is 3. The van der Waals surface area contributed by atoms with Crippen molar-refractivity contribution in [3.63, 3.8) is 0 Å². The maximum absolute atomic E-state index is 12.5. The predicted octanol–water partition coefficient (Wildman–Crippen LogP) is 2.35. The van der Waals surface area contributed by atoms with Crippen molar-refractivity contribution in [3.05, 3.63) is 30.2 Å². The molecule has 0 saturated carbocycles. The first-order chi connectivity index (χ1) is 7.00. The Morgan fingerprint density at radius 2 is 1.87 bits per heavy atom. The van der Waals surface area contributed by atoms with E-state index in [0.29, 0.717) is 0 Å². The number of alkyl halides is 3. The van der Waals surface area contributed by atoms with E-state index in [4.69, 9.17) is 0 Å². The van der Waals surface area contributed by atoms with E-state index in [9.17, 15) is 18.3 Å². The molecule has 0 unspecified atom stereocenters. The van der Waals surface area contributed by atoms with Crippen LogP contribution in [-0.2, 0) is 6.18 Å². The van der Waals surface area contributed by atoms with E-state index in [1.54, 1.807) is 0 Å². The van der Waals surface area contributed by atoms with Crippen LogP contribution in [-0.4, -0.2) is 15.1 Å². The second-order valence-corrected chi connectivity index (χ2v) is 2.89. The fourth-order valence-corrected chi connectivity index (χ4v) is 1.30. The molecule has 0 atom stereocenters. The van der Waals surface area contributed by atoms with Crippen molar-refractivity contribution < 1.29 is 18.3 Å². The van der Waals surface area contributed by atoms with Gasteiger partial charge in [-0.2, -0.15) is 13.2 Å². The number of hydrogen-bond donors (Lipinski definition) is 1. The molecule has 1 N–H and O–H groups in total. The van der Waals surface area contributed by atoms with Crippen LogP contribution in [0.4, 0.5) is 13.2 Å². The molecule has 0 spiro atoms. The predicted molar refractivity (Wildman–Crippen MR) is 46.2 cm³/mol. The van der Waals surface area contributed by atoms with E-state index in [1.807, 2.05) is 0 Å². The number of benzene rings is 1.